The molecule has 2 atom stereocenters. The van der Waals surface area contributed by atoms with Gasteiger partial charge < -0.3 is 19.9 Å². The normalized spacial score (nSPS) is 16.6. The van der Waals surface area contributed by atoms with E-state index in [1.807, 2.05) is 24.8 Å². The Bertz CT molecular complexity index is 1390. The van der Waals surface area contributed by atoms with Gasteiger partial charge in [-0.2, -0.15) is 5.10 Å². The van der Waals surface area contributed by atoms with Gasteiger partial charge >= 0.3 is 0 Å². The first-order chi connectivity index (χ1) is 18.9. The molecule has 3 N–H and O–H groups in total. The molecule has 2 aromatic heterocycles. The van der Waals surface area contributed by atoms with Crippen LogP contribution < -0.4 is 5.73 Å². The maximum atomic E-state index is 13.3. The van der Waals surface area contributed by atoms with Gasteiger partial charge in [-0.3, -0.25) is 9.89 Å². The smallest absolute Gasteiger partial charge is 0.224 e. The summed E-state index contributed by atoms with van der Waals surface area (Å²) in [4.78, 5) is 20.3. The molecule has 1 aliphatic heterocycles. The molecule has 0 radical (unpaired) electrons. The molecule has 4 aromatic rings. The summed E-state index contributed by atoms with van der Waals surface area (Å²) >= 11 is 0. The number of methoxy groups -OCH3 is 1. The highest BCUT2D eigenvalue weighted by atomic mass is 16.5. The maximum absolute atomic E-state index is 13.3. The van der Waals surface area contributed by atoms with E-state index in [1.54, 1.807) is 7.11 Å². The second kappa shape index (κ2) is 12.1. The van der Waals surface area contributed by atoms with Gasteiger partial charge in [-0.1, -0.05) is 36.4 Å². The molecule has 1 amide bonds. The van der Waals surface area contributed by atoms with Crippen LogP contribution in [-0.2, 0) is 22.5 Å². The van der Waals surface area contributed by atoms with Crippen molar-refractivity contribution in [3.8, 4) is 11.1 Å². The monoisotopic (exact) mass is 528 g/mol. The second-order valence-corrected chi connectivity index (χ2v) is 10.8. The lowest BCUT2D eigenvalue weighted by Crippen LogP contribution is -2.42. The van der Waals surface area contributed by atoms with E-state index in [0.29, 0.717) is 26.0 Å². The van der Waals surface area contributed by atoms with Crippen molar-refractivity contribution < 1.29 is 9.53 Å². The Kier molecular flexibility index (Phi) is 8.43. The fourth-order valence-electron chi connectivity index (χ4n) is 5.93. The third kappa shape index (κ3) is 6.07. The summed E-state index contributed by atoms with van der Waals surface area (Å²) in [5.74, 6) is 1.43. The molecule has 1 saturated heterocycles. The van der Waals surface area contributed by atoms with Gasteiger partial charge in [0.05, 0.1) is 16.7 Å². The van der Waals surface area contributed by atoms with E-state index in [1.165, 1.54) is 0 Å². The third-order valence-electron chi connectivity index (χ3n) is 7.86. The lowest BCUT2D eigenvalue weighted by atomic mass is 9.95. The maximum Gasteiger partial charge on any atom is 0.224 e. The molecule has 206 valence electrons. The van der Waals surface area contributed by atoms with E-state index in [2.05, 4.69) is 57.2 Å². The first-order valence-corrected chi connectivity index (χ1v) is 14.0. The highest BCUT2D eigenvalue weighted by molar-refractivity contribution is 5.78. The van der Waals surface area contributed by atoms with Crippen LogP contribution in [0.25, 0.3) is 22.2 Å². The Labute approximate surface area is 230 Å². The molecule has 8 nitrogen and oxygen atoms in total. The molecule has 2 unspecified atom stereocenters. The number of likely N-dealkylation sites (tertiary alicyclic amines) is 1. The van der Waals surface area contributed by atoms with Crippen molar-refractivity contribution in [3.63, 3.8) is 0 Å². The number of nitrogens with zero attached hydrogens (tertiary/aromatic N) is 4. The second-order valence-electron chi connectivity index (χ2n) is 10.8. The molecule has 5 rings (SSSR count). The minimum atomic E-state index is -0.222. The van der Waals surface area contributed by atoms with Crippen LogP contribution >= 0.6 is 0 Å². The van der Waals surface area contributed by atoms with Crippen LogP contribution in [0.3, 0.4) is 0 Å². The molecule has 0 aliphatic carbocycles. The number of aromatic nitrogens is 4. The van der Waals surface area contributed by atoms with E-state index in [0.717, 1.165) is 77.3 Å². The lowest BCUT2D eigenvalue weighted by molar-refractivity contribution is -0.132. The van der Waals surface area contributed by atoms with Crippen molar-refractivity contribution in [1.29, 1.82) is 0 Å². The number of nitrogens with two attached hydrogens (primary N) is 1. The van der Waals surface area contributed by atoms with Crippen molar-refractivity contribution in [3.05, 3.63) is 71.3 Å². The quantitative estimate of drug-likeness (QED) is 0.289. The van der Waals surface area contributed by atoms with E-state index in [-0.39, 0.29) is 17.9 Å². The topological polar surface area (TPSA) is 102 Å². The zero-order chi connectivity index (χ0) is 27.4. The van der Waals surface area contributed by atoms with Crippen molar-refractivity contribution in [2.45, 2.75) is 64.5 Å². The fraction of sp³-hybridized carbons (Fsp3) is 0.452. The molecule has 0 saturated carbocycles. The van der Waals surface area contributed by atoms with Gasteiger partial charge in [0.25, 0.3) is 0 Å². The van der Waals surface area contributed by atoms with Gasteiger partial charge in [-0.05, 0) is 62.8 Å². The Morgan fingerprint density at radius 2 is 1.97 bits per heavy atom. The number of H-pyrrole nitrogens is 1. The number of hydrogen-bond donors (Lipinski definition) is 2. The minimum absolute atomic E-state index is 0.135. The number of hydrogen-bond acceptors (Lipinski definition) is 5. The lowest BCUT2D eigenvalue weighted by Gasteiger charge is -2.33. The average molecular weight is 529 g/mol. The van der Waals surface area contributed by atoms with Crippen LogP contribution in [0.15, 0.2) is 48.5 Å². The number of carbonyl (C=O) groups is 1. The number of imidazole rings is 1. The standard InChI is InChI=1S/C31H40N6O2/c1-21-30(22(2)35-34-21)24-13-11-23(12-14-24)18-26(32)19-29(38)36-15-6-8-25(20-36)31-33-27-9-4-5-10-28(27)37(31)16-7-17-39-3/h4-5,9-14,25-26H,6-8,15-20,32H2,1-3H3,(H,34,35). The Balaban J connectivity index is 1.22. The average Bonchev–Trinajstić information content (AvgIpc) is 3.48. The summed E-state index contributed by atoms with van der Waals surface area (Å²) in [6.07, 6.45) is 3.95. The number of para-hydroxylation sites is 2. The van der Waals surface area contributed by atoms with E-state index in [4.69, 9.17) is 15.5 Å². The summed E-state index contributed by atoms with van der Waals surface area (Å²) in [7, 11) is 1.74. The number of piperidine rings is 1. The van der Waals surface area contributed by atoms with E-state index in [9.17, 15) is 4.79 Å². The molecule has 1 aliphatic rings. The molecule has 3 heterocycles. The molecule has 2 aromatic carbocycles. The SMILES string of the molecule is COCCCn1c(C2CCCN(C(=O)CC(N)Cc3ccc(-c4c(C)n[nH]c4C)cc3)C2)nc2ccccc21. The van der Waals surface area contributed by atoms with Crippen LogP contribution in [0, 0.1) is 13.8 Å². The van der Waals surface area contributed by atoms with Crippen LogP contribution in [-0.4, -0.2) is 63.4 Å². The summed E-state index contributed by atoms with van der Waals surface area (Å²) in [5.41, 5.74) is 14.1. The number of aryl methyl sites for hydroxylation is 3. The largest absolute Gasteiger partial charge is 0.385 e. The third-order valence-corrected chi connectivity index (χ3v) is 7.86. The number of aromatic amines is 1. The summed E-state index contributed by atoms with van der Waals surface area (Å²) in [6, 6.07) is 16.5. The predicted molar refractivity (Wildman–Crippen MR) is 155 cm³/mol. The van der Waals surface area contributed by atoms with Gasteiger partial charge in [0.2, 0.25) is 5.91 Å². The number of nitrogens with one attached hydrogen (secondary N) is 1. The Morgan fingerprint density at radius 1 is 1.18 bits per heavy atom. The van der Waals surface area contributed by atoms with Crippen molar-refractivity contribution in [2.75, 3.05) is 26.8 Å². The zero-order valence-electron chi connectivity index (χ0n) is 23.3. The summed E-state index contributed by atoms with van der Waals surface area (Å²) in [6.45, 7) is 7.09. The number of fused-ring (bicyclic) bond motifs is 1. The molecule has 0 spiro atoms. The van der Waals surface area contributed by atoms with Gasteiger partial charge in [-0.25, -0.2) is 4.98 Å². The fourth-order valence-corrected chi connectivity index (χ4v) is 5.93. The molecule has 8 heteroatoms. The first kappa shape index (κ1) is 27.1. The van der Waals surface area contributed by atoms with Crippen molar-refractivity contribution in [2.24, 2.45) is 5.73 Å². The van der Waals surface area contributed by atoms with Gasteiger partial charge in [0.15, 0.2) is 0 Å². The predicted octanol–water partition coefficient (Wildman–Crippen LogP) is 4.75. The van der Waals surface area contributed by atoms with Gasteiger partial charge in [0.1, 0.15) is 5.82 Å². The number of benzene rings is 2. The highest BCUT2D eigenvalue weighted by Crippen LogP contribution is 2.30. The zero-order valence-corrected chi connectivity index (χ0v) is 23.3. The molecule has 1 fully saturated rings. The van der Waals surface area contributed by atoms with Gasteiger partial charge in [-0.15, -0.1) is 0 Å². The highest BCUT2D eigenvalue weighted by Gasteiger charge is 2.29. The number of carbonyl (C=O) groups excluding carboxylic acids is 1. The number of rotatable bonds is 10. The summed E-state index contributed by atoms with van der Waals surface area (Å²) in [5, 5.41) is 7.35. The molecule has 39 heavy (non-hydrogen) atoms. The van der Waals surface area contributed by atoms with Crippen LogP contribution in [0.2, 0.25) is 0 Å². The molecule has 0 bridgehead atoms. The Morgan fingerprint density at radius 3 is 2.72 bits per heavy atom. The minimum Gasteiger partial charge on any atom is -0.385 e. The van der Waals surface area contributed by atoms with Crippen LogP contribution in [0.4, 0.5) is 0 Å². The molecular weight excluding hydrogens is 488 g/mol. The van der Waals surface area contributed by atoms with Crippen LogP contribution in [0.5, 0.6) is 0 Å². The Hall–Kier alpha value is -3.49. The number of amides is 1. The van der Waals surface area contributed by atoms with E-state index < -0.39 is 0 Å². The number of ether oxygens (including phenoxy) is 1. The first-order valence-electron chi connectivity index (χ1n) is 14.0. The van der Waals surface area contributed by atoms with Crippen molar-refractivity contribution >= 4 is 16.9 Å². The molecular formula is C31H40N6O2. The van der Waals surface area contributed by atoms with Crippen molar-refractivity contribution in [1.82, 2.24) is 24.6 Å². The van der Waals surface area contributed by atoms with E-state index >= 15 is 0 Å². The summed E-state index contributed by atoms with van der Waals surface area (Å²) < 4.78 is 7.62. The van der Waals surface area contributed by atoms with Crippen LogP contribution in [0.1, 0.15) is 54.4 Å². The van der Waals surface area contributed by atoms with Gasteiger partial charge in [0, 0.05) is 63.0 Å².